The molecule has 0 aliphatic carbocycles. The van der Waals surface area contributed by atoms with E-state index in [4.69, 9.17) is 14.6 Å². The third-order valence-corrected chi connectivity index (χ3v) is 3.51. The molecule has 0 spiro atoms. The zero-order valence-corrected chi connectivity index (χ0v) is 14.4. The third kappa shape index (κ3) is 4.94. The lowest BCUT2D eigenvalue weighted by Crippen LogP contribution is -2.35. The van der Waals surface area contributed by atoms with Gasteiger partial charge in [0.05, 0.1) is 14.2 Å². The first-order valence-corrected chi connectivity index (χ1v) is 7.59. The first-order valence-electron chi connectivity index (χ1n) is 7.59. The van der Waals surface area contributed by atoms with Crippen LogP contribution in [0, 0.1) is 6.92 Å². The lowest BCUT2D eigenvalue weighted by molar-refractivity contribution is -0.137. The number of nitrogens with zero attached hydrogens (tertiary/aromatic N) is 2. The van der Waals surface area contributed by atoms with Gasteiger partial charge in [-0.05, 0) is 36.8 Å². The van der Waals surface area contributed by atoms with E-state index in [1.54, 1.807) is 43.3 Å². The van der Waals surface area contributed by atoms with E-state index in [-0.39, 0.29) is 12.2 Å². The molecule has 0 radical (unpaired) electrons. The van der Waals surface area contributed by atoms with Gasteiger partial charge in [0, 0.05) is 18.3 Å². The van der Waals surface area contributed by atoms with Crippen molar-refractivity contribution in [3.63, 3.8) is 0 Å². The molecular formula is C18H20N2O5. The Bertz CT molecular complexity index is 754. The average molecular weight is 344 g/mol. The molecule has 0 bridgehead atoms. The Morgan fingerprint density at radius 3 is 2.28 bits per heavy atom. The minimum absolute atomic E-state index is 0.0916. The minimum atomic E-state index is -1.10. The van der Waals surface area contributed by atoms with E-state index >= 15 is 0 Å². The van der Waals surface area contributed by atoms with Crippen molar-refractivity contribution in [2.75, 3.05) is 20.8 Å². The largest absolute Gasteiger partial charge is 0.497 e. The van der Waals surface area contributed by atoms with Crippen LogP contribution in [-0.2, 0) is 11.3 Å². The number of rotatable bonds is 7. The van der Waals surface area contributed by atoms with Gasteiger partial charge in [-0.25, -0.2) is 4.98 Å². The topological polar surface area (TPSA) is 89.0 Å². The van der Waals surface area contributed by atoms with Crippen molar-refractivity contribution < 1.29 is 24.2 Å². The van der Waals surface area contributed by atoms with Crippen LogP contribution >= 0.6 is 0 Å². The van der Waals surface area contributed by atoms with Gasteiger partial charge in [0.1, 0.15) is 23.7 Å². The van der Waals surface area contributed by atoms with Gasteiger partial charge in [-0.15, -0.1) is 0 Å². The molecule has 0 unspecified atom stereocenters. The maximum absolute atomic E-state index is 12.7. The van der Waals surface area contributed by atoms with Gasteiger partial charge < -0.3 is 19.5 Å². The Labute approximate surface area is 145 Å². The molecule has 0 saturated heterocycles. The zero-order valence-electron chi connectivity index (χ0n) is 14.4. The smallest absolute Gasteiger partial charge is 0.323 e. The number of aliphatic carboxylic acids is 1. The van der Waals surface area contributed by atoms with Gasteiger partial charge in [0.25, 0.3) is 5.91 Å². The molecule has 7 heteroatoms. The monoisotopic (exact) mass is 344 g/mol. The molecule has 0 aliphatic rings. The molecule has 1 aromatic heterocycles. The first kappa shape index (κ1) is 18.3. The molecule has 1 aromatic carbocycles. The van der Waals surface area contributed by atoms with E-state index < -0.39 is 18.4 Å². The van der Waals surface area contributed by atoms with Crippen molar-refractivity contribution >= 4 is 11.9 Å². The molecule has 1 heterocycles. The third-order valence-electron chi connectivity index (χ3n) is 3.51. The maximum atomic E-state index is 12.7. The summed E-state index contributed by atoms with van der Waals surface area (Å²) >= 11 is 0. The summed E-state index contributed by atoms with van der Waals surface area (Å²) in [5, 5.41) is 9.15. The van der Waals surface area contributed by atoms with Crippen molar-refractivity contribution in [1.29, 1.82) is 0 Å². The van der Waals surface area contributed by atoms with Crippen molar-refractivity contribution in [3.05, 3.63) is 53.3 Å². The van der Waals surface area contributed by atoms with Gasteiger partial charge in [0.2, 0.25) is 0 Å². The summed E-state index contributed by atoms with van der Waals surface area (Å²) < 4.78 is 10.4. The van der Waals surface area contributed by atoms with Crippen LogP contribution in [-0.4, -0.2) is 47.6 Å². The van der Waals surface area contributed by atoms with Gasteiger partial charge in [-0.2, -0.15) is 0 Å². The summed E-state index contributed by atoms with van der Waals surface area (Å²) in [5.41, 5.74) is 1.58. The fourth-order valence-corrected chi connectivity index (χ4v) is 2.36. The number of carboxylic acids is 1. The van der Waals surface area contributed by atoms with Crippen molar-refractivity contribution in [3.8, 4) is 11.5 Å². The van der Waals surface area contributed by atoms with Crippen LogP contribution < -0.4 is 9.47 Å². The molecule has 0 atom stereocenters. The Morgan fingerprint density at radius 1 is 1.12 bits per heavy atom. The fraction of sp³-hybridized carbons (Fsp3) is 0.278. The molecule has 0 aliphatic heterocycles. The van der Waals surface area contributed by atoms with Crippen molar-refractivity contribution in [2.45, 2.75) is 13.5 Å². The van der Waals surface area contributed by atoms with E-state index in [0.29, 0.717) is 22.8 Å². The highest BCUT2D eigenvalue weighted by atomic mass is 16.5. The summed E-state index contributed by atoms with van der Waals surface area (Å²) in [6.07, 6.45) is 0. The summed E-state index contributed by atoms with van der Waals surface area (Å²) in [7, 11) is 3.05. The number of hydrogen-bond donors (Lipinski definition) is 1. The van der Waals surface area contributed by atoms with E-state index in [1.807, 2.05) is 0 Å². The lowest BCUT2D eigenvalue weighted by atomic mass is 10.1. The average Bonchev–Trinajstić information content (AvgIpc) is 2.59. The zero-order chi connectivity index (χ0) is 18.4. The van der Waals surface area contributed by atoms with Crippen LogP contribution in [0.1, 0.15) is 21.7 Å². The van der Waals surface area contributed by atoms with Crippen LogP contribution in [0.3, 0.4) is 0 Å². The molecule has 0 fully saturated rings. The van der Waals surface area contributed by atoms with Crippen LogP contribution in [0.25, 0.3) is 0 Å². The lowest BCUT2D eigenvalue weighted by Gasteiger charge is -2.21. The van der Waals surface area contributed by atoms with Crippen LogP contribution in [0.15, 0.2) is 36.4 Å². The molecule has 1 N–H and O–H groups in total. The number of amides is 1. The number of pyridine rings is 1. The molecule has 25 heavy (non-hydrogen) atoms. The van der Waals surface area contributed by atoms with Crippen LogP contribution in [0.4, 0.5) is 0 Å². The Morgan fingerprint density at radius 2 is 1.76 bits per heavy atom. The SMILES string of the molecule is COc1cc(CN(CC(=O)O)C(=O)c2cccc(C)n2)cc(OC)c1. The summed E-state index contributed by atoms with van der Waals surface area (Å²) in [6.45, 7) is 1.42. The highest BCUT2D eigenvalue weighted by Gasteiger charge is 2.20. The Hall–Kier alpha value is -3.09. The quantitative estimate of drug-likeness (QED) is 0.828. The van der Waals surface area contributed by atoms with E-state index in [2.05, 4.69) is 4.98 Å². The number of methoxy groups -OCH3 is 2. The van der Waals surface area contributed by atoms with Crippen LogP contribution in [0.2, 0.25) is 0 Å². The van der Waals surface area contributed by atoms with E-state index in [9.17, 15) is 9.59 Å². The summed E-state index contributed by atoms with van der Waals surface area (Å²) in [5.74, 6) is -0.430. The second kappa shape index (κ2) is 8.14. The van der Waals surface area contributed by atoms with Gasteiger partial charge >= 0.3 is 5.97 Å². The molecule has 1 amide bonds. The number of ether oxygens (including phenoxy) is 2. The molecule has 132 valence electrons. The van der Waals surface area contributed by atoms with E-state index in [0.717, 1.165) is 0 Å². The van der Waals surface area contributed by atoms with Gasteiger partial charge in [0.15, 0.2) is 0 Å². The normalized spacial score (nSPS) is 10.2. The molecule has 2 rings (SSSR count). The number of carboxylic acid groups (broad SMARTS) is 1. The fourth-order valence-electron chi connectivity index (χ4n) is 2.36. The van der Waals surface area contributed by atoms with Crippen molar-refractivity contribution in [1.82, 2.24) is 9.88 Å². The number of carbonyl (C=O) groups is 2. The molecular weight excluding hydrogens is 324 g/mol. The van der Waals surface area contributed by atoms with Crippen molar-refractivity contribution in [2.24, 2.45) is 0 Å². The van der Waals surface area contributed by atoms with Gasteiger partial charge in [-0.1, -0.05) is 6.07 Å². The molecule has 7 nitrogen and oxygen atoms in total. The maximum Gasteiger partial charge on any atom is 0.323 e. The highest BCUT2D eigenvalue weighted by Crippen LogP contribution is 2.23. The molecule has 0 saturated carbocycles. The Balaban J connectivity index is 2.32. The second-order valence-electron chi connectivity index (χ2n) is 5.44. The van der Waals surface area contributed by atoms with Crippen LogP contribution in [0.5, 0.6) is 11.5 Å². The number of carbonyl (C=O) groups excluding carboxylic acids is 1. The number of benzene rings is 1. The predicted octanol–water partition coefficient (Wildman–Crippen LogP) is 2.13. The number of aryl methyl sites for hydroxylation is 1. The highest BCUT2D eigenvalue weighted by molar-refractivity contribution is 5.94. The minimum Gasteiger partial charge on any atom is -0.497 e. The summed E-state index contributed by atoms with van der Waals surface area (Å²) in [6, 6.07) is 10.2. The standard InChI is InChI=1S/C18H20N2O5/c1-12-5-4-6-16(19-12)18(23)20(11-17(21)22)10-13-7-14(24-2)9-15(8-13)25-3/h4-9H,10-11H2,1-3H3,(H,21,22). The second-order valence-corrected chi connectivity index (χ2v) is 5.44. The van der Waals surface area contributed by atoms with Gasteiger partial charge in [-0.3, -0.25) is 9.59 Å². The number of aromatic nitrogens is 1. The molecule has 2 aromatic rings. The summed E-state index contributed by atoms with van der Waals surface area (Å²) in [4.78, 5) is 29.3. The van der Waals surface area contributed by atoms with E-state index in [1.165, 1.54) is 19.1 Å². The first-order chi connectivity index (χ1) is 11.9. The number of hydrogen-bond acceptors (Lipinski definition) is 5. The Kier molecular flexibility index (Phi) is 5.94. The predicted molar refractivity (Wildman–Crippen MR) is 90.9 cm³/mol.